The Bertz CT molecular complexity index is 378. The van der Waals surface area contributed by atoms with Crippen molar-refractivity contribution in [3.05, 3.63) is 18.3 Å². The second kappa shape index (κ2) is 5.49. The molecule has 2 heterocycles. The lowest BCUT2D eigenvalue weighted by molar-refractivity contribution is 0.00651. The van der Waals surface area contributed by atoms with Crippen LogP contribution in [0.15, 0.2) is 23.4 Å². The number of thioether (sulfide) groups is 1. The Morgan fingerprint density at radius 3 is 2.44 bits per heavy atom. The van der Waals surface area contributed by atoms with Gasteiger partial charge in [-0.2, -0.15) is 0 Å². The standard InChI is InChI=1S/C14H22N2OS/c1-14(2,17)11-6-8-16(9-7-11)12-4-5-13(18-3)15-10-12/h4-5,10-11,17H,6-9H2,1-3H3. The molecule has 0 aliphatic carbocycles. The van der Waals surface area contributed by atoms with Crippen molar-refractivity contribution in [1.82, 2.24) is 4.98 Å². The number of anilines is 1. The third kappa shape index (κ3) is 3.18. The van der Waals surface area contributed by atoms with Crippen LogP contribution in [-0.4, -0.2) is 35.0 Å². The SMILES string of the molecule is CSc1ccc(N2CCC(C(C)(C)O)CC2)cn1. The van der Waals surface area contributed by atoms with Gasteiger partial charge in [0, 0.05) is 13.1 Å². The average molecular weight is 266 g/mol. The van der Waals surface area contributed by atoms with Crippen molar-refractivity contribution in [3.8, 4) is 0 Å². The van der Waals surface area contributed by atoms with Gasteiger partial charge in [0.05, 0.1) is 22.5 Å². The summed E-state index contributed by atoms with van der Waals surface area (Å²) in [5.74, 6) is 0.409. The summed E-state index contributed by atoms with van der Waals surface area (Å²) in [6, 6.07) is 4.21. The maximum atomic E-state index is 10.0. The topological polar surface area (TPSA) is 36.4 Å². The van der Waals surface area contributed by atoms with Gasteiger partial charge >= 0.3 is 0 Å². The third-order valence-corrected chi connectivity index (χ3v) is 4.45. The molecule has 0 saturated carbocycles. The van der Waals surface area contributed by atoms with E-state index < -0.39 is 5.60 Å². The largest absolute Gasteiger partial charge is 0.390 e. The summed E-state index contributed by atoms with van der Waals surface area (Å²) < 4.78 is 0. The maximum Gasteiger partial charge on any atom is 0.0958 e. The molecule has 0 aromatic carbocycles. The highest BCUT2D eigenvalue weighted by Gasteiger charge is 2.30. The van der Waals surface area contributed by atoms with Crippen molar-refractivity contribution < 1.29 is 5.11 Å². The van der Waals surface area contributed by atoms with Crippen LogP contribution in [0, 0.1) is 5.92 Å². The molecule has 100 valence electrons. The van der Waals surface area contributed by atoms with E-state index in [2.05, 4.69) is 22.0 Å². The van der Waals surface area contributed by atoms with Gasteiger partial charge in [0.15, 0.2) is 0 Å². The lowest BCUT2D eigenvalue weighted by Gasteiger charge is -2.38. The molecular weight excluding hydrogens is 244 g/mol. The molecule has 1 aliphatic rings. The normalized spacial score (nSPS) is 18.1. The molecule has 0 spiro atoms. The zero-order valence-corrected chi connectivity index (χ0v) is 12.2. The number of nitrogens with zero attached hydrogens (tertiary/aromatic N) is 2. The Kier molecular flexibility index (Phi) is 4.17. The van der Waals surface area contributed by atoms with Gasteiger partial charge in [-0.1, -0.05) is 0 Å². The van der Waals surface area contributed by atoms with E-state index in [0.717, 1.165) is 31.0 Å². The van der Waals surface area contributed by atoms with Crippen LogP contribution in [0.3, 0.4) is 0 Å². The molecule has 1 aromatic heterocycles. The highest BCUT2D eigenvalue weighted by atomic mass is 32.2. The van der Waals surface area contributed by atoms with Crippen LogP contribution in [0.5, 0.6) is 0 Å². The fourth-order valence-electron chi connectivity index (χ4n) is 2.52. The van der Waals surface area contributed by atoms with Gasteiger partial charge in [-0.25, -0.2) is 4.98 Å². The summed E-state index contributed by atoms with van der Waals surface area (Å²) in [5, 5.41) is 11.1. The van der Waals surface area contributed by atoms with E-state index in [1.54, 1.807) is 11.8 Å². The lowest BCUT2D eigenvalue weighted by atomic mass is 9.83. The Morgan fingerprint density at radius 1 is 1.33 bits per heavy atom. The number of aliphatic hydroxyl groups is 1. The molecule has 3 nitrogen and oxygen atoms in total. The monoisotopic (exact) mass is 266 g/mol. The molecule has 18 heavy (non-hydrogen) atoms. The van der Waals surface area contributed by atoms with Crippen molar-refractivity contribution in [1.29, 1.82) is 0 Å². The number of aromatic nitrogens is 1. The first-order valence-electron chi connectivity index (χ1n) is 6.48. The molecule has 0 radical (unpaired) electrons. The van der Waals surface area contributed by atoms with E-state index in [9.17, 15) is 5.11 Å². The molecule has 1 saturated heterocycles. The van der Waals surface area contributed by atoms with E-state index in [1.165, 1.54) is 5.69 Å². The molecule has 0 atom stereocenters. The predicted octanol–water partition coefficient (Wildman–Crippen LogP) is 2.79. The zero-order chi connectivity index (χ0) is 13.2. The first-order valence-corrected chi connectivity index (χ1v) is 7.70. The van der Waals surface area contributed by atoms with Crippen molar-refractivity contribution in [2.24, 2.45) is 5.92 Å². The van der Waals surface area contributed by atoms with E-state index in [0.29, 0.717) is 5.92 Å². The van der Waals surface area contributed by atoms with E-state index in [-0.39, 0.29) is 0 Å². The fourth-order valence-corrected chi connectivity index (χ4v) is 2.89. The van der Waals surface area contributed by atoms with Crippen LogP contribution < -0.4 is 4.90 Å². The Labute approximate surface area is 114 Å². The smallest absolute Gasteiger partial charge is 0.0958 e. The summed E-state index contributed by atoms with van der Waals surface area (Å²) in [6.07, 6.45) is 6.09. The highest BCUT2D eigenvalue weighted by molar-refractivity contribution is 7.98. The molecule has 4 heteroatoms. The number of rotatable bonds is 3. The first-order chi connectivity index (χ1) is 8.50. The first kappa shape index (κ1) is 13.7. The minimum Gasteiger partial charge on any atom is -0.390 e. The van der Waals surface area contributed by atoms with Crippen molar-refractivity contribution in [2.75, 3.05) is 24.2 Å². The molecule has 1 N–H and O–H groups in total. The van der Waals surface area contributed by atoms with Gasteiger partial charge in [-0.05, 0) is 51.0 Å². The maximum absolute atomic E-state index is 10.0. The van der Waals surface area contributed by atoms with Crippen LogP contribution in [0.25, 0.3) is 0 Å². The number of pyridine rings is 1. The molecule has 0 unspecified atom stereocenters. The van der Waals surface area contributed by atoms with Gasteiger partial charge < -0.3 is 10.0 Å². The second-order valence-corrected chi connectivity index (χ2v) is 6.30. The summed E-state index contributed by atoms with van der Waals surface area (Å²) in [4.78, 5) is 6.77. The van der Waals surface area contributed by atoms with Gasteiger partial charge in [-0.15, -0.1) is 11.8 Å². The van der Waals surface area contributed by atoms with Crippen LogP contribution in [0.4, 0.5) is 5.69 Å². The van der Waals surface area contributed by atoms with Crippen LogP contribution in [-0.2, 0) is 0 Å². The van der Waals surface area contributed by atoms with E-state index in [4.69, 9.17) is 0 Å². The predicted molar refractivity (Wildman–Crippen MR) is 77.3 cm³/mol. The minimum absolute atomic E-state index is 0.409. The van der Waals surface area contributed by atoms with Crippen molar-refractivity contribution >= 4 is 17.4 Å². The highest BCUT2D eigenvalue weighted by Crippen LogP contribution is 2.30. The van der Waals surface area contributed by atoms with E-state index >= 15 is 0 Å². The summed E-state index contributed by atoms with van der Waals surface area (Å²) in [5.41, 5.74) is 0.648. The molecule has 2 rings (SSSR count). The van der Waals surface area contributed by atoms with Gasteiger partial charge in [0.1, 0.15) is 0 Å². The quantitative estimate of drug-likeness (QED) is 0.854. The Morgan fingerprint density at radius 2 is 2.00 bits per heavy atom. The average Bonchev–Trinajstić information content (AvgIpc) is 2.38. The zero-order valence-electron chi connectivity index (χ0n) is 11.4. The summed E-state index contributed by atoms with van der Waals surface area (Å²) >= 11 is 1.67. The molecule has 1 fully saturated rings. The number of hydrogen-bond acceptors (Lipinski definition) is 4. The van der Waals surface area contributed by atoms with Crippen LogP contribution in [0.1, 0.15) is 26.7 Å². The molecule has 0 amide bonds. The van der Waals surface area contributed by atoms with Crippen LogP contribution in [0.2, 0.25) is 0 Å². The number of hydrogen-bond donors (Lipinski definition) is 1. The third-order valence-electron chi connectivity index (χ3n) is 3.79. The summed E-state index contributed by atoms with van der Waals surface area (Å²) in [6.45, 7) is 5.86. The molecule has 1 aromatic rings. The Hall–Kier alpha value is -0.740. The van der Waals surface area contributed by atoms with Crippen molar-refractivity contribution in [3.63, 3.8) is 0 Å². The molecule has 1 aliphatic heterocycles. The minimum atomic E-state index is -0.549. The number of piperidine rings is 1. The Balaban J connectivity index is 1.96. The van der Waals surface area contributed by atoms with Crippen LogP contribution >= 0.6 is 11.8 Å². The molecule has 0 bridgehead atoms. The van der Waals surface area contributed by atoms with Gasteiger partial charge in [0.2, 0.25) is 0 Å². The van der Waals surface area contributed by atoms with E-state index in [1.807, 2.05) is 26.3 Å². The lowest BCUT2D eigenvalue weighted by Crippen LogP contribution is -2.41. The fraction of sp³-hybridized carbons (Fsp3) is 0.643. The molecular formula is C14H22N2OS. The van der Waals surface area contributed by atoms with Gasteiger partial charge in [-0.3, -0.25) is 0 Å². The van der Waals surface area contributed by atoms with Crippen molar-refractivity contribution in [2.45, 2.75) is 37.3 Å². The summed E-state index contributed by atoms with van der Waals surface area (Å²) in [7, 11) is 0. The van der Waals surface area contributed by atoms with Gasteiger partial charge in [0.25, 0.3) is 0 Å². The second-order valence-electron chi connectivity index (χ2n) is 5.47.